The maximum absolute atomic E-state index is 5.69. The standard InChI is InChI=1S/C20H34N4O2/c1-2-21-20(22-11-6-7-13-24-14-17-25-18-15-24)23-12-8-16-26-19-9-4-3-5-10-19/h3-5,9-10H,2,6-8,11-18H2,1H3,(H2,21,22,23). The van der Waals surface area contributed by atoms with Crippen LogP contribution in [0.4, 0.5) is 0 Å². The number of hydrogen-bond donors (Lipinski definition) is 2. The van der Waals surface area contributed by atoms with Gasteiger partial charge in [0.2, 0.25) is 0 Å². The summed E-state index contributed by atoms with van der Waals surface area (Å²) in [7, 11) is 0. The Morgan fingerprint density at radius 3 is 2.69 bits per heavy atom. The highest BCUT2D eigenvalue weighted by molar-refractivity contribution is 5.79. The van der Waals surface area contributed by atoms with Crippen LogP contribution in [0.25, 0.3) is 0 Å². The lowest BCUT2D eigenvalue weighted by atomic mass is 10.3. The van der Waals surface area contributed by atoms with Crippen LogP contribution < -0.4 is 15.4 Å². The minimum Gasteiger partial charge on any atom is -0.494 e. The van der Waals surface area contributed by atoms with Crippen molar-refractivity contribution < 1.29 is 9.47 Å². The molecule has 1 fully saturated rings. The molecule has 1 aliphatic rings. The third-order valence-corrected chi connectivity index (χ3v) is 4.23. The van der Waals surface area contributed by atoms with Crippen LogP contribution in [0, 0.1) is 0 Å². The Morgan fingerprint density at radius 1 is 1.12 bits per heavy atom. The summed E-state index contributed by atoms with van der Waals surface area (Å²) < 4.78 is 11.1. The molecule has 26 heavy (non-hydrogen) atoms. The predicted molar refractivity (Wildman–Crippen MR) is 107 cm³/mol. The monoisotopic (exact) mass is 362 g/mol. The molecule has 2 rings (SSSR count). The normalized spacial score (nSPS) is 15.7. The Kier molecular flexibility index (Phi) is 10.6. The first-order valence-corrected chi connectivity index (χ1v) is 9.88. The molecule has 146 valence electrons. The van der Waals surface area contributed by atoms with Crippen LogP contribution in [-0.4, -0.2) is 69.9 Å². The van der Waals surface area contributed by atoms with E-state index in [1.807, 2.05) is 30.3 Å². The molecule has 1 aromatic carbocycles. The van der Waals surface area contributed by atoms with E-state index >= 15 is 0 Å². The molecule has 6 heteroatoms. The van der Waals surface area contributed by atoms with Crippen LogP contribution in [0.1, 0.15) is 26.2 Å². The molecule has 1 aromatic rings. The van der Waals surface area contributed by atoms with Gasteiger partial charge in [-0.1, -0.05) is 18.2 Å². The summed E-state index contributed by atoms with van der Waals surface area (Å²) in [5.41, 5.74) is 0. The first-order chi connectivity index (χ1) is 12.9. The van der Waals surface area contributed by atoms with Gasteiger partial charge in [-0.2, -0.15) is 0 Å². The lowest BCUT2D eigenvalue weighted by Crippen LogP contribution is -2.39. The molecule has 1 saturated heterocycles. The fraction of sp³-hybridized carbons (Fsp3) is 0.650. The van der Waals surface area contributed by atoms with Gasteiger partial charge in [0, 0.05) is 39.1 Å². The Balaban J connectivity index is 1.53. The summed E-state index contributed by atoms with van der Waals surface area (Å²) in [6.45, 7) is 10.4. The van der Waals surface area contributed by atoms with Gasteiger partial charge in [0.1, 0.15) is 5.75 Å². The van der Waals surface area contributed by atoms with Crippen LogP contribution in [-0.2, 0) is 4.74 Å². The van der Waals surface area contributed by atoms with Gasteiger partial charge in [0.15, 0.2) is 5.96 Å². The van der Waals surface area contributed by atoms with E-state index in [2.05, 4.69) is 27.4 Å². The van der Waals surface area contributed by atoms with Crippen LogP contribution in [0.3, 0.4) is 0 Å². The van der Waals surface area contributed by atoms with Gasteiger partial charge in [-0.3, -0.25) is 9.89 Å². The summed E-state index contributed by atoms with van der Waals surface area (Å²) in [6, 6.07) is 9.92. The molecule has 0 spiro atoms. The number of para-hydroxylation sites is 1. The number of nitrogens with one attached hydrogen (secondary N) is 2. The molecule has 0 bridgehead atoms. The number of nitrogens with zero attached hydrogens (tertiary/aromatic N) is 2. The maximum atomic E-state index is 5.69. The number of guanidine groups is 1. The van der Waals surface area contributed by atoms with E-state index in [4.69, 9.17) is 9.47 Å². The molecule has 0 radical (unpaired) electrons. The topological polar surface area (TPSA) is 58.1 Å². The van der Waals surface area contributed by atoms with E-state index in [9.17, 15) is 0 Å². The Labute approximate surface area is 158 Å². The highest BCUT2D eigenvalue weighted by Crippen LogP contribution is 2.08. The van der Waals surface area contributed by atoms with Crippen molar-refractivity contribution in [3.05, 3.63) is 30.3 Å². The number of aliphatic imine (C=N–C) groups is 1. The van der Waals surface area contributed by atoms with Crippen molar-refractivity contribution in [2.24, 2.45) is 4.99 Å². The fourth-order valence-electron chi connectivity index (χ4n) is 2.80. The zero-order valence-electron chi connectivity index (χ0n) is 16.1. The quantitative estimate of drug-likeness (QED) is 0.359. The SMILES string of the molecule is CCNC(=NCCCOc1ccccc1)NCCCCN1CCOCC1. The number of unbranched alkanes of at least 4 members (excludes halogenated alkanes) is 1. The molecule has 6 nitrogen and oxygen atoms in total. The summed E-state index contributed by atoms with van der Waals surface area (Å²) in [6.07, 6.45) is 3.26. The van der Waals surface area contributed by atoms with Gasteiger partial charge in [0.25, 0.3) is 0 Å². The first-order valence-electron chi connectivity index (χ1n) is 9.88. The lowest BCUT2D eigenvalue weighted by molar-refractivity contribution is 0.0372. The van der Waals surface area contributed by atoms with E-state index < -0.39 is 0 Å². The van der Waals surface area contributed by atoms with Gasteiger partial charge in [-0.05, 0) is 38.4 Å². The Hall–Kier alpha value is -1.79. The number of ether oxygens (including phenoxy) is 2. The smallest absolute Gasteiger partial charge is 0.191 e. The van der Waals surface area contributed by atoms with E-state index in [0.29, 0.717) is 6.61 Å². The second kappa shape index (κ2) is 13.4. The number of hydrogen-bond acceptors (Lipinski definition) is 4. The molecule has 0 aromatic heterocycles. The summed E-state index contributed by atoms with van der Waals surface area (Å²) in [4.78, 5) is 7.10. The van der Waals surface area contributed by atoms with Crippen molar-refractivity contribution in [3.63, 3.8) is 0 Å². The number of morpholine rings is 1. The average molecular weight is 363 g/mol. The number of rotatable bonds is 11. The van der Waals surface area contributed by atoms with Crippen LogP contribution in [0.15, 0.2) is 35.3 Å². The third kappa shape index (κ3) is 9.06. The highest BCUT2D eigenvalue weighted by Gasteiger charge is 2.09. The van der Waals surface area contributed by atoms with Crippen LogP contribution in [0.2, 0.25) is 0 Å². The van der Waals surface area contributed by atoms with Gasteiger partial charge in [0.05, 0.1) is 19.8 Å². The van der Waals surface area contributed by atoms with Crippen molar-refractivity contribution in [1.29, 1.82) is 0 Å². The van der Waals surface area contributed by atoms with Crippen molar-refractivity contribution in [1.82, 2.24) is 15.5 Å². The third-order valence-electron chi connectivity index (χ3n) is 4.23. The van der Waals surface area contributed by atoms with Crippen LogP contribution >= 0.6 is 0 Å². The maximum Gasteiger partial charge on any atom is 0.191 e. The van der Waals surface area contributed by atoms with Gasteiger partial charge < -0.3 is 20.1 Å². The minimum absolute atomic E-state index is 0.687. The van der Waals surface area contributed by atoms with Crippen LogP contribution in [0.5, 0.6) is 5.75 Å². The summed E-state index contributed by atoms with van der Waals surface area (Å²) >= 11 is 0. The van der Waals surface area contributed by atoms with E-state index in [1.54, 1.807) is 0 Å². The Morgan fingerprint density at radius 2 is 1.92 bits per heavy atom. The van der Waals surface area contributed by atoms with Gasteiger partial charge in [-0.25, -0.2) is 0 Å². The van der Waals surface area contributed by atoms with Crippen molar-refractivity contribution in [2.45, 2.75) is 26.2 Å². The highest BCUT2D eigenvalue weighted by atomic mass is 16.5. The predicted octanol–water partition coefficient (Wildman–Crippen LogP) is 2.12. The molecule has 0 unspecified atom stereocenters. The molecule has 0 atom stereocenters. The second-order valence-electron chi connectivity index (χ2n) is 6.36. The van der Waals surface area contributed by atoms with Crippen molar-refractivity contribution in [3.8, 4) is 5.75 Å². The van der Waals surface area contributed by atoms with E-state index in [0.717, 1.165) is 77.0 Å². The fourth-order valence-corrected chi connectivity index (χ4v) is 2.80. The zero-order chi connectivity index (χ0) is 18.3. The molecule has 1 heterocycles. The molecule has 0 aliphatic carbocycles. The van der Waals surface area contributed by atoms with Gasteiger partial charge in [-0.15, -0.1) is 0 Å². The Bertz CT molecular complexity index is 490. The molecule has 2 N–H and O–H groups in total. The largest absolute Gasteiger partial charge is 0.494 e. The molecule has 0 amide bonds. The molecule has 0 saturated carbocycles. The average Bonchev–Trinajstić information content (AvgIpc) is 2.69. The van der Waals surface area contributed by atoms with E-state index in [-0.39, 0.29) is 0 Å². The zero-order valence-corrected chi connectivity index (χ0v) is 16.1. The van der Waals surface area contributed by atoms with E-state index in [1.165, 1.54) is 6.42 Å². The number of benzene rings is 1. The lowest BCUT2D eigenvalue weighted by Gasteiger charge is -2.26. The summed E-state index contributed by atoms with van der Waals surface area (Å²) in [5, 5.41) is 6.72. The van der Waals surface area contributed by atoms with Crippen molar-refractivity contribution in [2.75, 3.05) is 59.1 Å². The molecular weight excluding hydrogens is 328 g/mol. The molecule has 1 aliphatic heterocycles. The molecular formula is C20H34N4O2. The first kappa shape index (κ1) is 20.5. The summed E-state index contributed by atoms with van der Waals surface area (Å²) in [5.74, 6) is 1.82. The minimum atomic E-state index is 0.687. The van der Waals surface area contributed by atoms with Gasteiger partial charge >= 0.3 is 0 Å². The van der Waals surface area contributed by atoms with Crippen molar-refractivity contribution >= 4 is 5.96 Å². The second-order valence-corrected chi connectivity index (χ2v) is 6.36.